The molecule has 1 unspecified atom stereocenters. The molecular weight excluding hydrogens is 263 g/mol. The van der Waals surface area contributed by atoms with Crippen molar-refractivity contribution in [2.45, 2.75) is 12.8 Å². The lowest BCUT2D eigenvalue weighted by Gasteiger charge is -2.15. The Bertz CT molecular complexity index is 598. The summed E-state index contributed by atoms with van der Waals surface area (Å²) < 4.78 is 13.8. The van der Waals surface area contributed by atoms with Crippen LogP contribution in [-0.4, -0.2) is 40.6 Å². The molecule has 0 saturated carbocycles. The highest BCUT2D eigenvalue weighted by Crippen LogP contribution is 2.22. The summed E-state index contributed by atoms with van der Waals surface area (Å²) in [6.45, 7) is 1.64. The van der Waals surface area contributed by atoms with E-state index in [0.29, 0.717) is 11.4 Å². The van der Waals surface area contributed by atoms with Crippen LogP contribution in [0.5, 0.6) is 0 Å². The third-order valence-electron chi connectivity index (χ3n) is 2.84. The van der Waals surface area contributed by atoms with Crippen molar-refractivity contribution < 1.29 is 9.18 Å². The molecule has 0 saturated heterocycles. The Morgan fingerprint density at radius 1 is 1.45 bits per heavy atom. The molecule has 2 aromatic rings. The number of aromatic nitrogens is 4. The predicted molar refractivity (Wildman–Crippen MR) is 71.9 cm³/mol. The minimum atomic E-state index is -0.578. The molecule has 2 N–H and O–H groups in total. The Morgan fingerprint density at radius 2 is 2.20 bits per heavy atom. The number of rotatable bonds is 4. The summed E-state index contributed by atoms with van der Waals surface area (Å²) in [5.41, 5.74) is 0.836. The monoisotopic (exact) mass is 278 g/mol. The molecule has 0 radical (unpaired) electrons. The minimum Gasteiger partial charge on any atom is -0.375 e. The number of halogens is 1. The van der Waals surface area contributed by atoms with Crippen LogP contribution in [0.1, 0.15) is 18.7 Å². The average molecular weight is 278 g/mol. The summed E-state index contributed by atoms with van der Waals surface area (Å²) in [4.78, 5) is 13.6. The summed E-state index contributed by atoms with van der Waals surface area (Å²) in [6, 6.07) is 4.51. The number of carbonyl (C=O) groups excluding carboxylic acids is 1. The second-order valence-electron chi connectivity index (χ2n) is 4.54. The SMILES string of the molecule is CC(C(=O)Nc1ccc(N(C)C)c(F)c1)c1nn[nH]n1. The number of nitrogens with zero attached hydrogens (tertiary/aromatic N) is 4. The smallest absolute Gasteiger partial charge is 0.235 e. The van der Waals surface area contributed by atoms with E-state index in [1.807, 2.05) is 0 Å². The maximum atomic E-state index is 13.8. The number of benzene rings is 1. The molecule has 0 aliphatic carbocycles. The predicted octanol–water partition coefficient (Wildman–Crippen LogP) is 1.15. The van der Waals surface area contributed by atoms with Crippen LogP contribution < -0.4 is 10.2 Å². The van der Waals surface area contributed by atoms with Gasteiger partial charge in [0.2, 0.25) is 5.91 Å². The van der Waals surface area contributed by atoms with E-state index in [-0.39, 0.29) is 11.7 Å². The molecule has 20 heavy (non-hydrogen) atoms. The molecular formula is C12H15FN6O. The Morgan fingerprint density at radius 3 is 2.75 bits per heavy atom. The zero-order valence-electron chi connectivity index (χ0n) is 11.4. The highest BCUT2D eigenvalue weighted by molar-refractivity contribution is 5.95. The maximum Gasteiger partial charge on any atom is 0.235 e. The van der Waals surface area contributed by atoms with Crippen molar-refractivity contribution in [3.63, 3.8) is 0 Å². The number of H-pyrrole nitrogens is 1. The van der Waals surface area contributed by atoms with Gasteiger partial charge in [0.1, 0.15) is 5.82 Å². The number of aromatic amines is 1. The largest absolute Gasteiger partial charge is 0.375 e. The van der Waals surface area contributed by atoms with Gasteiger partial charge in [-0.25, -0.2) is 4.39 Å². The standard InChI is InChI=1S/C12H15FN6O/c1-7(11-15-17-18-16-11)12(20)14-8-4-5-10(19(2)3)9(13)6-8/h4-7H,1-3H3,(H,14,20)(H,15,16,17,18). The van der Waals surface area contributed by atoms with Crippen molar-refractivity contribution >= 4 is 17.3 Å². The van der Waals surface area contributed by atoms with Crippen LogP contribution in [0.3, 0.4) is 0 Å². The van der Waals surface area contributed by atoms with Gasteiger partial charge in [-0.1, -0.05) is 5.21 Å². The first-order valence-electron chi connectivity index (χ1n) is 6.00. The topological polar surface area (TPSA) is 86.8 Å². The Balaban J connectivity index is 2.10. The Kier molecular flexibility index (Phi) is 3.92. The van der Waals surface area contributed by atoms with Crippen molar-refractivity contribution in [1.29, 1.82) is 0 Å². The third-order valence-corrected chi connectivity index (χ3v) is 2.84. The summed E-state index contributed by atoms with van der Waals surface area (Å²) in [5, 5.41) is 15.8. The van der Waals surface area contributed by atoms with E-state index in [1.165, 1.54) is 6.07 Å². The van der Waals surface area contributed by atoms with Gasteiger partial charge >= 0.3 is 0 Å². The average Bonchev–Trinajstić information content (AvgIpc) is 2.91. The highest BCUT2D eigenvalue weighted by atomic mass is 19.1. The van der Waals surface area contributed by atoms with Crippen LogP contribution >= 0.6 is 0 Å². The van der Waals surface area contributed by atoms with Gasteiger partial charge in [-0.05, 0) is 25.1 Å². The molecule has 0 spiro atoms. The Labute approximate surface area is 115 Å². The summed E-state index contributed by atoms with van der Waals surface area (Å²) in [6.07, 6.45) is 0. The zero-order chi connectivity index (χ0) is 14.7. The third kappa shape index (κ3) is 2.90. The molecule has 0 aliphatic heterocycles. The molecule has 8 heteroatoms. The Hall–Kier alpha value is -2.51. The van der Waals surface area contributed by atoms with Crippen LogP contribution in [0.4, 0.5) is 15.8 Å². The molecule has 106 valence electrons. The molecule has 0 fully saturated rings. The second kappa shape index (κ2) is 5.64. The van der Waals surface area contributed by atoms with Crippen molar-refractivity contribution in [2.24, 2.45) is 0 Å². The number of amides is 1. The fourth-order valence-electron chi connectivity index (χ4n) is 1.67. The number of tetrazole rings is 1. The lowest BCUT2D eigenvalue weighted by atomic mass is 10.1. The highest BCUT2D eigenvalue weighted by Gasteiger charge is 2.19. The molecule has 1 aromatic heterocycles. The van der Waals surface area contributed by atoms with Crippen molar-refractivity contribution in [3.05, 3.63) is 29.8 Å². The normalized spacial score (nSPS) is 12.0. The molecule has 1 heterocycles. The molecule has 2 rings (SSSR count). The van der Waals surface area contributed by atoms with Gasteiger partial charge in [0, 0.05) is 19.8 Å². The fraction of sp³-hybridized carbons (Fsp3) is 0.333. The van der Waals surface area contributed by atoms with E-state index in [4.69, 9.17) is 0 Å². The molecule has 0 bridgehead atoms. The summed E-state index contributed by atoms with van der Waals surface area (Å²) in [7, 11) is 3.49. The van der Waals surface area contributed by atoms with E-state index < -0.39 is 11.7 Å². The van der Waals surface area contributed by atoms with Crippen LogP contribution in [-0.2, 0) is 4.79 Å². The fourth-order valence-corrected chi connectivity index (χ4v) is 1.67. The first-order valence-corrected chi connectivity index (χ1v) is 6.00. The van der Waals surface area contributed by atoms with E-state index in [0.717, 1.165) is 0 Å². The molecule has 1 aromatic carbocycles. The van der Waals surface area contributed by atoms with Crippen LogP contribution in [0.25, 0.3) is 0 Å². The van der Waals surface area contributed by atoms with Gasteiger partial charge in [0.15, 0.2) is 5.82 Å². The van der Waals surface area contributed by atoms with Gasteiger partial charge in [-0.2, -0.15) is 5.21 Å². The van der Waals surface area contributed by atoms with Gasteiger partial charge in [-0.15, -0.1) is 10.2 Å². The first-order chi connectivity index (χ1) is 9.49. The van der Waals surface area contributed by atoms with E-state index in [1.54, 1.807) is 38.1 Å². The molecule has 1 atom stereocenters. The van der Waals surface area contributed by atoms with Gasteiger partial charge < -0.3 is 10.2 Å². The number of anilines is 2. The van der Waals surface area contributed by atoms with E-state index in [2.05, 4.69) is 25.9 Å². The zero-order valence-corrected chi connectivity index (χ0v) is 11.4. The van der Waals surface area contributed by atoms with Crippen molar-refractivity contribution in [2.75, 3.05) is 24.3 Å². The first kappa shape index (κ1) is 13.9. The van der Waals surface area contributed by atoms with E-state index in [9.17, 15) is 9.18 Å². The molecule has 0 aliphatic rings. The number of carbonyl (C=O) groups is 1. The lowest BCUT2D eigenvalue weighted by Crippen LogP contribution is -2.20. The van der Waals surface area contributed by atoms with Gasteiger partial charge in [0.25, 0.3) is 0 Å². The lowest BCUT2D eigenvalue weighted by molar-refractivity contribution is -0.117. The van der Waals surface area contributed by atoms with Gasteiger partial charge in [-0.3, -0.25) is 4.79 Å². The second-order valence-corrected chi connectivity index (χ2v) is 4.54. The summed E-state index contributed by atoms with van der Waals surface area (Å²) in [5.74, 6) is -1.03. The number of nitrogens with one attached hydrogen (secondary N) is 2. The maximum absolute atomic E-state index is 13.8. The van der Waals surface area contributed by atoms with Crippen LogP contribution in [0.2, 0.25) is 0 Å². The van der Waals surface area contributed by atoms with Gasteiger partial charge in [0.05, 0.1) is 11.6 Å². The molecule has 1 amide bonds. The number of hydrogen-bond donors (Lipinski definition) is 2. The van der Waals surface area contributed by atoms with E-state index >= 15 is 0 Å². The van der Waals surface area contributed by atoms with Crippen LogP contribution in [0.15, 0.2) is 18.2 Å². The van der Waals surface area contributed by atoms with Crippen molar-refractivity contribution in [1.82, 2.24) is 20.6 Å². The van der Waals surface area contributed by atoms with Crippen molar-refractivity contribution in [3.8, 4) is 0 Å². The summed E-state index contributed by atoms with van der Waals surface area (Å²) >= 11 is 0. The quantitative estimate of drug-likeness (QED) is 0.876. The number of hydrogen-bond acceptors (Lipinski definition) is 5. The van der Waals surface area contributed by atoms with Crippen LogP contribution in [0, 0.1) is 5.82 Å². The molecule has 7 nitrogen and oxygen atoms in total. The minimum absolute atomic E-state index is 0.285.